The number of aryl methyl sites for hydroxylation is 2. The van der Waals surface area contributed by atoms with E-state index in [2.05, 4.69) is 47.2 Å². The number of carbonyl (C=O) groups excluding carboxylic acids is 1. The first-order valence-corrected chi connectivity index (χ1v) is 11.7. The van der Waals surface area contributed by atoms with Gasteiger partial charge in [0.05, 0.1) is 24.4 Å². The summed E-state index contributed by atoms with van der Waals surface area (Å²) in [5.74, 6) is 1.09. The fraction of sp³-hybridized carbons (Fsp3) is 0.179. The van der Waals surface area contributed by atoms with E-state index in [4.69, 9.17) is 21.4 Å². The Morgan fingerprint density at radius 1 is 1.03 bits per heavy atom. The number of methoxy groups -OCH3 is 1. The van der Waals surface area contributed by atoms with Gasteiger partial charge in [-0.15, -0.1) is 0 Å². The quantitative estimate of drug-likeness (QED) is 0.279. The number of hydrogen-bond acceptors (Lipinski definition) is 5. The lowest BCUT2D eigenvalue weighted by Crippen LogP contribution is -2.29. The molecule has 1 N–H and O–H groups in total. The molecule has 2 aromatic heterocycles. The number of esters is 1. The molecule has 0 saturated carbocycles. The molecule has 0 bridgehead atoms. The monoisotopic (exact) mass is 483 g/mol. The summed E-state index contributed by atoms with van der Waals surface area (Å²) >= 11 is 5.80. The van der Waals surface area contributed by atoms with Gasteiger partial charge in [0.25, 0.3) is 0 Å². The Morgan fingerprint density at radius 2 is 1.83 bits per heavy atom. The molecule has 1 fully saturated rings. The standard InChI is InChI=1S/C28H25N3O3S/c1-17-7-12-21(16-18(17)2)31-26(25(30-28(31)35)22-6-4-5-15-29-22)24-14-13-23(34-24)19-8-10-20(11-9-19)27(32)33-3/h4-16,25-26H,1-3H3,(H,30,35)/t25-,26-/m0/s1. The zero-order valence-corrected chi connectivity index (χ0v) is 20.5. The number of pyridine rings is 1. The van der Waals surface area contributed by atoms with Gasteiger partial charge in [0.2, 0.25) is 0 Å². The average Bonchev–Trinajstić information content (AvgIpc) is 3.50. The lowest BCUT2D eigenvalue weighted by atomic mass is 10.0. The van der Waals surface area contributed by atoms with E-state index in [1.54, 1.807) is 18.3 Å². The van der Waals surface area contributed by atoms with E-state index in [1.807, 2.05) is 42.5 Å². The molecule has 7 heteroatoms. The highest BCUT2D eigenvalue weighted by Gasteiger charge is 2.42. The van der Waals surface area contributed by atoms with E-state index in [-0.39, 0.29) is 18.1 Å². The van der Waals surface area contributed by atoms with E-state index >= 15 is 0 Å². The fourth-order valence-corrected chi connectivity index (χ4v) is 4.70. The molecule has 0 radical (unpaired) electrons. The van der Waals surface area contributed by atoms with Crippen LogP contribution in [-0.4, -0.2) is 23.2 Å². The summed E-state index contributed by atoms with van der Waals surface area (Å²) in [4.78, 5) is 18.5. The molecule has 3 heterocycles. The molecule has 176 valence electrons. The first kappa shape index (κ1) is 22.8. The third-order valence-electron chi connectivity index (χ3n) is 6.38. The Bertz CT molecular complexity index is 1380. The molecular formula is C28H25N3O3S. The zero-order chi connectivity index (χ0) is 24.5. The van der Waals surface area contributed by atoms with Gasteiger partial charge in [-0.25, -0.2) is 4.79 Å². The Balaban J connectivity index is 1.55. The topological polar surface area (TPSA) is 67.6 Å². The van der Waals surface area contributed by atoms with Crippen molar-refractivity contribution in [3.05, 3.63) is 107 Å². The van der Waals surface area contributed by atoms with Crippen molar-refractivity contribution in [1.29, 1.82) is 0 Å². The van der Waals surface area contributed by atoms with E-state index in [1.165, 1.54) is 18.2 Å². The maximum atomic E-state index is 11.8. The minimum absolute atomic E-state index is 0.189. The molecule has 1 aliphatic heterocycles. The van der Waals surface area contributed by atoms with Crippen LogP contribution in [0.4, 0.5) is 5.69 Å². The highest BCUT2D eigenvalue weighted by Crippen LogP contribution is 2.43. The summed E-state index contributed by atoms with van der Waals surface area (Å²) < 4.78 is 11.2. The van der Waals surface area contributed by atoms with Gasteiger partial charge in [-0.1, -0.05) is 24.3 Å². The first-order chi connectivity index (χ1) is 17.0. The summed E-state index contributed by atoms with van der Waals surface area (Å²) in [6, 6.07) is 22.9. The van der Waals surface area contributed by atoms with Crippen molar-refractivity contribution in [2.75, 3.05) is 12.0 Å². The Morgan fingerprint density at radius 3 is 2.51 bits per heavy atom. The van der Waals surface area contributed by atoms with Gasteiger partial charge in [-0.3, -0.25) is 4.98 Å². The molecule has 4 aromatic rings. The number of rotatable bonds is 5. The van der Waals surface area contributed by atoms with Gasteiger partial charge in [0, 0.05) is 17.4 Å². The molecule has 2 atom stereocenters. The second-order valence-electron chi connectivity index (χ2n) is 8.54. The maximum absolute atomic E-state index is 11.8. The number of carbonyl (C=O) groups is 1. The average molecular weight is 484 g/mol. The van der Waals surface area contributed by atoms with Crippen LogP contribution in [0.3, 0.4) is 0 Å². The molecule has 5 rings (SSSR count). The Hall–Kier alpha value is -3.97. The summed E-state index contributed by atoms with van der Waals surface area (Å²) in [6.07, 6.45) is 1.78. The van der Waals surface area contributed by atoms with Crippen LogP contribution in [0, 0.1) is 13.8 Å². The van der Waals surface area contributed by atoms with Crippen LogP contribution in [-0.2, 0) is 4.74 Å². The van der Waals surface area contributed by atoms with E-state index in [0.717, 1.165) is 22.7 Å². The van der Waals surface area contributed by atoms with E-state index in [9.17, 15) is 4.79 Å². The van der Waals surface area contributed by atoms with Crippen LogP contribution < -0.4 is 10.2 Å². The fourth-order valence-electron chi connectivity index (χ4n) is 4.35. The number of anilines is 1. The van der Waals surface area contributed by atoms with Crippen molar-refractivity contribution in [3.63, 3.8) is 0 Å². The van der Waals surface area contributed by atoms with Crippen LogP contribution in [0.1, 0.15) is 45.0 Å². The number of nitrogens with zero attached hydrogens (tertiary/aromatic N) is 2. The number of hydrogen-bond donors (Lipinski definition) is 1. The largest absolute Gasteiger partial charge is 0.465 e. The second kappa shape index (κ2) is 9.35. The van der Waals surface area contributed by atoms with Crippen LogP contribution in [0.15, 0.2) is 83.4 Å². The third-order valence-corrected chi connectivity index (χ3v) is 6.69. The first-order valence-electron chi connectivity index (χ1n) is 11.3. The van der Waals surface area contributed by atoms with E-state index < -0.39 is 0 Å². The van der Waals surface area contributed by atoms with Gasteiger partial charge in [-0.2, -0.15) is 0 Å². The van der Waals surface area contributed by atoms with Gasteiger partial charge >= 0.3 is 5.97 Å². The van der Waals surface area contributed by atoms with Gasteiger partial charge in [0.15, 0.2) is 5.11 Å². The second-order valence-corrected chi connectivity index (χ2v) is 8.92. The summed E-state index contributed by atoms with van der Waals surface area (Å²) in [5.41, 5.74) is 5.64. The molecule has 35 heavy (non-hydrogen) atoms. The lowest BCUT2D eigenvalue weighted by molar-refractivity contribution is 0.0600. The molecule has 0 unspecified atom stereocenters. The predicted octanol–water partition coefficient (Wildman–Crippen LogP) is 5.92. The summed E-state index contributed by atoms with van der Waals surface area (Å²) in [6.45, 7) is 4.19. The maximum Gasteiger partial charge on any atom is 0.337 e. The summed E-state index contributed by atoms with van der Waals surface area (Å²) in [5, 5.41) is 4.08. The van der Waals surface area contributed by atoms with E-state index in [0.29, 0.717) is 16.4 Å². The molecule has 0 amide bonds. The predicted molar refractivity (Wildman–Crippen MR) is 139 cm³/mol. The van der Waals surface area contributed by atoms with Gasteiger partial charge < -0.3 is 19.4 Å². The number of furan rings is 1. The van der Waals surface area contributed by atoms with Crippen molar-refractivity contribution in [2.45, 2.75) is 25.9 Å². The van der Waals surface area contributed by atoms with Crippen molar-refractivity contribution < 1.29 is 13.9 Å². The number of nitrogens with one attached hydrogen (secondary N) is 1. The number of aromatic nitrogens is 1. The Labute approximate surface area is 209 Å². The molecule has 0 aliphatic carbocycles. The number of ether oxygens (including phenoxy) is 1. The van der Waals surface area contributed by atoms with Crippen molar-refractivity contribution in [1.82, 2.24) is 10.3 Å². The number of benzene rings is 2. The molecule has 1 aliphatic rings. The van der Waals surface area contributed by atoms with Gasteiger partial charge in [-0.05, 0) is 85.7 Å². The van der Waals surface area contributed by atoms with Crippen molar-refractivity contribution in [2.24, 2.45) is 0 Å². The van der Waals surface area contributed by atoms with Gasteiger partial charge in [0.1, 0.15) is 17.6 Å². The normalized spacial score (nSPS) is 17.3. The lowest BCUT2D eigenvalue weighted by Gasteiger charge is -2.26. The van der Waals surface area contributed by atoms with Crippen LogP contribution >= 0.6 is 12.2 Å². The SMILES string of the molecule is COC(=O)c1ccc(-c2ccc([C@H]3[C@H](c4ccccn4)NC(=S)N3c3ccc(C)c(C)c3)o2)cc1. The van der Waals surface area contributed by atoms with Crippen LogP contribution in [0.25, 0.3) is 11.3 Å². The Kier molecular flexibility index (Phi) is 6.09. The van der Waals surface area contributed by atoms with Crippen molar-refractivity contribution in [3.8, 4) is 11.3 Å². The highest BCUT2D eigenvalue weighted by molar-refractivity contribution is 7.80. The highest BCUT2D eigenvalue weighted by atomic mass is 32.1. The molecular weight excluding hydrogens is 458 g/mol. The smallest absolute Gasteiger partial charge is 0.337 e. The number of thiocarbonyl (C=S) groups is 1. The minimum atomic E-state index is -0.371. The molecule has 2 aromatic carbocycles. The van der Waals surface area contributed by atoms with Crippen molar-refractivity contribution >= 4 is 29.0 Å². The zero-order valence-electron chi connectivity index (χ0n) is 19.7. The molecule has 0 spiro atoms. The van der Waals surface area contributed by atoms with Crippen LogP contribution in [0.5, 0.6) is 0 Å². The minimum Gasteiger partial charge on any atom is -0.465 e. The summed E-state index contributed by atoms with van der Waals surface area (Å²) in [7, 11) is 1.37. The third kappa shape index (κ3) is 4.31. The molecule has 6 nitrogen and oxygen atoms in total. The van der Waals surface area contributed by atoms with Crippen LogP contribution in [0.2, 0.25) is 0 Å². The molecule has 1 saturated heterocycles.